The Morgan fingerprint density at radius 1 is 1.16 bits per heavy atom. The largest absolute Gasteiger partial charge is 0.495 e. The minimum absolute atomic E-state index is 0.0449. The molecule has 0 saturated carbocycles. The first kappa shape index (κ1) is 24.7. The van der Waals surface area contributed by atoms with Crippen molar-refractivity contribution in [3.05, 3.63) is 76.2 Å². The molecule has 0 unspecified atom stereocenters. The van der Waals surface area contributed by atoms with Crippen molar-refractivity contribution in [3.63, 3.8) is 0 Å². The second-order valence-electron chi connectivity index (χ2n) is 10.1. The zero-order valence-corrected chi connectivity index (χ0v) is 22.0. The molecule has 37 heavy (non-hydrogen) atoms. The number of amides is 1. The van der Waals surface area contributed by atoms with Crippen LogP contribution in [-0.4, -0.2) is 48.0 Å². The fraction of sp³-hybridized carbons (Fsp3) is 0.379. The monoisotopic (exact) mass is 496 g/mol. The molecule has 2 aliphatic heterocycles. The van der Waals surface area contributed by atoms with Gasteiger partial charge < -0.3 is 19.9 Å². The lowest BCUT2D eigenvalue weighted by molar-refractivity contribution is -0.124. The summed E-state index contributed by atoms with van der Waals surface area (Å²) in [5, 5.41) is 13.1. The maximum Gasteiger partial charge on any atom is 0.241 e. The van der Waals surface area contributed by atoms with Crippen molar-refractivity contribution in [2.24, 2.45) is 0 Å². The van der Waals surface area contributed by atoms with Gasteiger partial charge in [-0.3, -0.25) is 4.79 Å². The Labute approximate surface area is 217 Å². The maximum absolute atomic E-state index is 14.2. The number of ether oxygens (including phenoxy) is 1. The fourth-order valence-electron chi connectivity index (χ4n) is 5.79. The number of para-hydroxylation sites is 2. The zero-order valence-electron chi connectivity index (χ0n) is 22.0. The number of anilines is 2. The molecule has 1 aromatic heterocycles. The van der Waals surface area contributed by atoms with Crippen LogP contribution in [-0.2, 0) is 16.8 Å². The van der Waals surface area contributed by atoms with E-state index in [0.717, 1.165) is 40.4 Å². The molecular weight excluding hydrogens is 464 g/mol. The maximum atomic E-state index is 14.2. The van der Waals surface area contributed by atoms with Crippen molar-refractivity contribution >= 4 is 17.4 Å². The van der Waals surface area contributed by atoms with Crippen molar-refractivity contribution < 1.29 is 9.53 Å². The third-order valence-corrected chi connectivity index (χ3v) is 7.69. The van der Waals surface area contributed by atoms with Gasteiger partial charge in [0.1, 0.15) is 22.8 Å². The van der Waals surface area contributed by atoms with Crippen LogP contribution in [0.5, 0.6) is 5.75 Å². The standard InChI is InChI=1S/C29H32N6O2/c1-18-21(15-30)9-8-10-22(18)19(2)31-27-23-16-35(24-11-6-7-12-25(24)37-5)28(36)29(13-14-34(4)17-29)26(23)32-20(3)33-27/h6-12,19H,13-14,16-17H2,1-5H3,(H,31,32,33)/t19-,29+/m1/s1. The highest BCUT2D eigenvalue weighted by Crippen LogP contribution is 2.45. The van der Waals surface area contributed by atoms with Gasteiger partial charge in [-0.2, -0.15) is 5.26 Å². The second kappa shape index (κ2) is 9.49. The molecule has 0 radical (unpaired) electrons. The molecular formula is C29H32N6O2. The van der Waals surface area contributed by atoms with E-state index in [1.54, 1.807) is 7.11 Å². The van der Waals surface area contributed by atoms with Crippen molar-refractivity contribution in [3.8, 4) is 11.8 Å². The summed E-state index contributed by atoms with van der Waals surface area (Å²) >= 11 is 0. The number of nitriles is 1. The molecule has 2 aliphatic rings. The molecule has 1 spiro atoms. The minimum Gasteiger partial charge on any atom is -0.495 e. The molecule has 1 saturated heterocycles. The highest BCUT2D eigenvalue weighted by molar-refractivity contribution is 6.04. The van der Waals surface area contributed by atoms with Gasteiger partial charge in [0.25, 0.3) is 0 Å². The van der Waals surface area contributed by atoms with Gasteiger partial charge in [0.05, 0.1) is 42.7 Å². The molecule has 190 valence electrons. The van der Waals surface area contributed by atoms with Gasteiger partial charge in [-0.15, -0.1) is 0 Å². The number of hydrogen-bond acceptors (Lipinski definition) is 7. The van der Waals surface area contributed by atoms with Gasteiger partial charge in [-0.1, -0.05) is 24.3 Å². The van der Waals surface area contributed by atoms with Crippen LogP contribution in [0.15, 0.2) is 42.5 Å². The predicted octanol–water partition coefficient (Wildman–Crippen LogP) is 4.27. The van der Waals surface area contributed by atoms with Crippen LogP contribution in [0, 0.1) is 25.2 Å². The third kappa shape index (κ3) is 4.09. The molecule has 8 nitrogen and oxygen atoms in total. The molecule has 1 amide bonds. The lowest BCUT2D eigenvalue weighted by Crippen LogP contribution is -2.53. The van der Waals surface area contributed by atoms with Crippen LogP contribution in [0.4, 0.5) is 11.5 Å². The average Bonchev–Trinajstić information content (AvgIpc) is 3.29. The van der Waals surface area contributed by atoms with Crippen LogP contribution < -0.4 is 15.0 Å². The first-order chi connectivity index (χ1) is 17.8. The number of hydrogen-bond donors (Lipinski definition) is 1. The normalized spacial score (nSPS) is 20.0. The smallest absolute Gasteiger partial charge is 0.241 e. The lowest BCUT2D eigenvalue weighted by atomic mass is 9.76. The number of likely N-dealkylation sites (N-methyl/N-ethyl adjacent to an activating group) is 1. The van der Waals surface area contributed by atoms with E-state index in [4.69, 9.17) is 14.7 Å². The molecule has 2 aromatic carbocycles. The van der Waals surface area contributed by atoms with Crippen molar-refractivity contribution in [2.75, 3.05) is 37.5 Å². The summed E-state index contributed by atoms with van der Waals surface area (Å²) < 4.78 is 5.64. The highest BCUT2D eigenvalue weighted by Gasteiger charge is 2.53. The van der Waals surface area contributed by atoms with Crippen LogP contribution in [0.25, 0.3) is 0 Å². The van der Waals surface area contributed by atoms with Crippen molar-refractivity contribution in [1.82, 2.24) is 14.9 Å². The zero-order chi connectivity index (χ0) is 26.3. The van der Waals surface area contributed by atoms with Crippen LogP contribution >= 0.6 is 0 Å². The van der Waals surface area contributed by atoms with E-state index in [1.807, 2.05) is 68.3 Å². The molecule has 2 atom stereocenters. The molecule has 1 N–H and O–H groups in total. The number of likely N-dealkylation sites (tertiary alicyclic amines) is 1. The highest BCUT2D eigenvalue weighted by atomic mass is 16.5. The lowest BCUT2D eigenvalue weighted by Gasteiger charge is -2.41. The van der Waals surface area contributed by atoms with Gasteiger partial charge >= 0.3 is 0 Å². The van der Waals surface area contributed by atoms with E-state index in [-0.39, 0.29) is 11.9 Å². The quantitative estimate of drug-likeness (QED) is 0.564. The third-order valence-electron chi connectivity index (χ3n) is 7.69. The van der Waals surface area contributed by atoms with Gasteiger partial charge in [0.2, 0.25) is 5.91 Å². The van der Waals surface area contributed by atoms with Crippen LogP contribution in [0.3, 0.4) is 0 Å². The molecule has 0 aliphatic carbocycles. The minimum atomic E-state index is -0.757. The topological polar surface area (TPSA) is 94.4 Å². The van der Waals surface area contributed by atoms with Crippen molar-refractivity contribution in [1.29, 1.82) is 5.26 Å². The molecule has 3 aromatic rings. The first-order valence-electron chi connectivity index (χ1n) is 12.6. The summed E-state index contributed by atoms with van der Waals surface area (Å²) in [4.78, 5) is 28.0. The number of aromatic nitrogens is 2. The first-order valence-corrected chi connectivity index (χ1v) is 12.6. The van der Waals surface area contributed by atoms with E-state index in [9.17, 15) is 10.1 Å². The molecule has 3 heterocycles. The van der Waals surface area contributed by atoms with Crippen molar-refractivity contribution in [2.45, 2.75) is 45.2 Å². The van der Waals surface area contributed by atoms with E-state index >= 15 is 0 Å². The summed E-state index contributed by atoms with van der Waals surface area (Å²) in [6.45, 7) is 7.66. The predicted molar refractivity (Wildman–Crippen MR) is 143 cm³/mol. The molecule has 1 fully saturated rings. The van der Waals surface area contributed by atoms with E-state index < -0.39 is 5.41 Å². The molecule has 8 heteroatoms. The molecule has 5 rings (SSSR count). The van der Waals surface area contributed by atoms with E-state index in [2.05, 4.69) is 23.2 Å². The van der Waals surface area contributed by atoms with Gasteiger partial charge in [-0.05, 0) is 70.1 Å². The fourth-order valence-corrected chi connectivity index (χ4v) is 5.79. The van der Waals surface area contributed by atoms with Gasteiger partial charge in [0.15, 0.2) is 0 Å². The Morgan fingerprint density at radius 2 is 1.95 bits per heavy atom. The number of aryl methyl sites for hydroxylation is 1. The Morgan fingerprint density at radius 3 is 2.65 bits per heavy atom. The summed E-state index contributed by atoms with van der Waals surface area (Å²) in [6, 6.07) is 15.6. The number of carbonyl (C=O) groups excluding carboxylic acids is 1. The summed E-state index contributed by atoms with van der Waals surface area (Å²) in [6.07, 6.45) is 0.690. The summed E-state index contributed by atoms with van der Waals surface area (Å²) in [7, 11) is 3.67. The Balaban J connectivity index is 1.64. The number of carbonyl (C=O) groups is 1. The summed E-state index contributed by atoms with van der Waals surface area (Å²) in [5.74, 6) is 2.05. The number of nitrogens with zero attached hydrogens (tertiary/aromatic N) is 5. The van der Waals surface area contributed by atoms with E-state index in [0.29, 0.717) is 36.6 Å². The number of rotatable bonds is 5. The average molecular weight is 497 g/mol. The number of methoxy groups -OCH3 is 1. The van der Waals surface area contributed by atoms with Crippen LogP contribution in [0.2, 0.25) is 0 Å². The Hall–Kier alpha value is -3.96. The SMILES string of the molecule is COc1ccccc1N1Cc2c(N[C@H](C)c3cccc(C#N)c3C)nc(C)nc2[C@@]2(CCN(C)C2)C1=O. The molecule has 0 bridgehead atoms. The number of fused-ring (bicyclic) bond motifs is 2. The number of benzene rings is 2. The summed E-state index contributed by atoms with van der Waals surface area (Å²) in [5.41, 5.74) is 4.37. The Bertz CT molecular complexity index is 1410. The van der Waals surface area contributed by atoms with Gasteiger partial charge in [-0.25, -0.2) is 9.97 Å². The second-order valence-corrected chi connectivity index (χ2v) is 10.1. The number of nitrogens with one attached hydrogen (secondary N) is 1. The van der Waals surface area contributed by atoms with E-state index in [1.165, 1.54) is 0 Å². The van der Waals surface area contributed by atoms with Gasteiger partial charge in [0, 0.05) is 12.1 Å². The van der Waals surface area contributed by atoms with Crippen LogP contribution in [0.1, 0.15) is 53.2 Å². The Kier molecular flexibility index (Phi) is 6.34.